The van der Waals surface area contributed by atoms with Crippen LogP contribution in [0.2, 0.25) is 5.02 Å². The summed E-state index contributed by atoms with van der Waals surface area (Å²) in [5.41, 5.74) is 0.477. The van der Waals surface area contributed by atoms with Crippen LogP contribution in [0.15, 0.2) is 29.1 Å². The predicted molar refractivity (Wildman–Crippen MR) is 58.6 cm³/mol. The van der Waals surface area contributed by atoms with Gasteiger partial charge < -0.3 is 0 Å². The third-order valence-corrected chi connectivity index (χ3v) is 2.53. The number of nitrogens with zero attached hydrogens (tertiary/aromatic N) is 3. The van der Waals surface area contributed by atoms with Crippen molar-refractivity contribution in [2.24, 2.45) is 7.05 Å². The topological polar surface area (TPSA) is 39.8 Å². The van der Waals surface area contributed by atoms with Gasteiger partial charge in [0.1, 0.15) is 5.82 Å². The average Bonchev–Trinajstić information content (AvgIpc) is 2.44. The summed E-state index contributed by atoms with van der Waals surface area (Å²) in [7, 11) is 1.79. The first-order chi connectivity index (χ1) is 7.09. The molecule has 0 aliphatic heterocycles. The lowest BCUT2D eigenvalue weighted by atomic mass is 10.3. The largest absolute Gasteiger partial charge is 0.368 e. The van der Waals surface area contributed by atoms with Gasteiger partial charge in [-0.25, -0.2) is 4.79 Å². The van der Waals surface area contributed by atoms with Gasteiger partial charge in [0, 0.05) is 12.1 Å². The fourth-order valence-electron chi connectivity index (χ4n) is 1.40. The Morgan fingerprint density at radius 2 is 1.87 bits per heavy atom. The summed E-state index contributed by atoms with van der Waals surface area (Å²) in [5, 5.41) is 0.644. The molecule has 0 aliphatic rings. The number of hydrogen-bond acceptors (Lipinski definition) is 2. The molecule has 0 atom stereocenters. The van der Waals surface area contributed by atoms with Gasteiger partial charge in [0.25, 0.3) is 0 Å². The van der Waals surface area contributed by atoms with E-state index in [1.807, 2.05) is 0 Å². The molecule has 1 aromatic carbocycles. The van der Waals surface area contributed by atoms with Gasteiger partial charge >= 0.3 is 5.69 Å². The maximum atomic E-state index is 11.5. The van der Waals surface area contributed by atoms with Crippen molar-refractivity contribution in [3.8, 4) is 5.69 Å². The number of hydrogen-bond donors (Lipinski definition) is 0. The van der Waals surface area contributed by atoms with E-state index in [2.05, 4.69) is 4.98 Å². The highest BCUT2D eigenvalue weighted by atomic mass is 35.5. The van der Waals surface area contributed by atoms with Crippen LogP contribution in [0.3, 0.4) is 0 Å². The third kappa shape index (κ3) is 1.68. The van der Waals surface area contributed by atoms with Crippen molar-refractivity contribution in [3.63, 3.8) is 0 Å². The molecule has 1 heterocycles. The van der Waals surface area contributed by atoms with Gasteiger partial charge in [-0.2, -0.15) is 9.67 Å². The molecule has 0 spiro atoms. The molecular formula is C10H10ClN3O. The second kappa shape index (κ2) is 3.55. The maximum Gasteiger partial charge on any atom is 0.368 e. The monoisotopic (exact) mass is 223 g/mol. The zero-order valence-corrected chi connectivity index (χ0v) is 9.19. The molecule has 78 valence electrons. The predicted octanol–water partition coefficient (Wildman–Crippen LogP) is 1.53. The Bertz CT molecular complexity index is 539. The molecular weight excluding hydrogens is 214 g/mol. The van der Waals surface area contributed by atoms with Gasteiger partial charge in [-0.05, 0) is 31.2 Å². The molecule has 0 saturated carbocycles. The molecule has 4 nitrogen and oxygen atoms in total. The van der Waals surface area contributed by atoms with Crippen molar-refractivity contribution in [3.05, 3.63) is 45.6 Å². The van der Waals surface area contributed by atoms with Crippen molar-refractivity contribution >= 4 is 11.6 Å². The molecule has 0 radical (unpaired) electrons. The SMILES string of the molecule is Cc1nc(=O)n(-c2ccc(Cl)cc2)n1C. The van der Waals surface area contributed by atoms with Gasteiger partial charge in [-0.1, -0.05) is 11.6 Å². The summed E-state index contributed by atoms with van der Waals surface area (Å²) in [6, 6.07) is 7.05. The summed E-state index contributed by atoms with van der Waals surface area (Å²) in [6.07, 6.45) is 0. The van der Waals surface area contributed by atoms with Gasteiger partial charge in [-0.15, -0.1) is 0 Å². The Balaban J connectivity index is 2.64. The molecule has 0 unspecified atom stereocenters. The quantitative estimate of drug-likeness (QED) is 0.736. The van der Waals surface area contributed by atoms with Crippen LogP contribution >= 0.6 is 11.6 Å². The lowest BCUT2D eigenvalue weighted by Gasteiger charge is -2.06. The second-order valence-corrected chi connectivity index (χ2v) is 3.69. The van der Waals surface area contributed by atoms with E-state index >= 15 is 0 Å². The van der Waals surface area contributed by atoms with Crippen molar-refractivity contribution in [2.45, 2.75) is 6.92 Å². The molecule has 0 fully saturated rings. The Morgan fingerprint density at radius 3 is 2.33 bits per heavy atom. The zero-order valence-electron chi connectivity index (χ0n) is 8.44. The Kier molecular flexibility index (Phi) is 2.36. The minimum atomic E-state index is -0.280. The highest BCUT2D eigenvalue weighted by Gasteiger charge is 2.07. The first-order valence-electron chi connectivity index (χ1n) is 4.48. The molecule has 0 amide bonds. The molecule has 5 heteroatoms. The summed E-state index contributed by atoms with van der Waals surface area (Å²) in [6.45, 7) is 1.79. The smallest absolute Gasteiger partial charge is 0.266 e. The van der Waals surface area contributed by atoms with Gasteiger partial charge in [0.2, 0.25) is 0 Å². The molecule has 0 N–H and O–H groups in total. The second-order valence-electron chi connectivity index (χ2n) is 3.25. The third-order valence-electron chi connectivity index (χ3n) is 2.28. The van der Waals surface area contributed by atoms with Crippen LogP contribution in [-0.4, -0.2) is 14.3 Å². The van der Waals surface area contributed by atoms with Crippen LogP contribution in [0.1, 0.15) is 5.82 Å². The van der Waals surface area contributed by atoms with Crippen LogP contribution < -0.4 is 5.69 Å². The van der Waals surface area contributed by atoms with Crippen molar-refractivity contribution in [1.82, 2.24) is 14.3 Å². The highest BCUT2D eigenvalue weighted by Crippen LogP contribution is 2.11. The molecule has 2 rings (SSSR count). The van der Waals surface area contributed by atoms with Crippen LogP contribution in [-0.2, 0) is 7.05 Å². The normalized spacial score (nSPS) is 10.6. The molecule has 0 aliphatic carbocycles. The number of rotatable bonds is 1. The Hall–Kier alpha value is -1.55. The number of aryl methyl sites for hydroxylation is 1. The molecule has 1 aromatic heterocycles. The summed E-state index contributed by atoms with van der Waals surface area (Å²) in [5.74, 6) is 0.676. The lowest BCUT2D eigenvalue weighted by molar-refractivity contribution is 0.630. The molecule has 2 aromatic rings. The fraction of sp³-hybridized carbons (Fsp3) is 0.200. The first-order valence-corrected chi connectivity index (χ1v) is 4.86. The van der Waals surface area contributed by atoms with Crippen LogP contribution in [0.4, 0.5) is 0 Å². The van der Waals surface area contributed by atoms with E-state index in [9.17, 15) is 4.79 Å². The van der Waals surface area contributed by atoms with Crippen molar-refractivity contribution in [2.75, 3.05) is 0 Å². The van der Waals surface area contributed by atoms with E-state index in [0.717, 1.165) is 5.69 Å². The summed E-state index contributed by atoms with van der Waals surface area (Å²) >= 11 is 5.77. The van der Waals surface area contributed by atoms with Crippen LogP contribution in [0, 0.1) is 6.92 Å². The Morgan fingerprint density at radius 1 is 1.27 bits per heavy atom. The van der Waals surface area contributed by atoms with Gasteiger partial charge in [0.05, 0.1) is 5.69 Å². The van der Waals surface area contributed by atoms with Crippen molar-refractivity contribution in [1.29, 1.82) is 0 Å². The maximum absolute atomic E-state index is 11.5. The van der Waals surface area contributed by atoms with Crippen LogP contribution in [0.5, 0.6) is 0 Å². The standard InChI is InChI=1S/C10H10ClN3O/c1-7-12-10(15)14(13(7)2)9-5-3-8(11)4-6-9/h3-6H,1-2H3. The van der Waals surface area contributed by atoms with E-state index in [1.54, 1.807) is 42.9 Å². The molecule has 15 heavy (non-hydrogen) atoms. The van der Waals surface area contributed by atoms with Crippen LogP contribution in [0.25, 0.3) is 5.69 Å². The van der Waals surface area contributed by atoms with E-state index < -0.39 is 0 Å². The average molecular weight is 224 g/mol. The van der Waals surface area contributed by atoms with E-state index in [0.29, 0.717) is 10.8 Å². The number of aromatic nitrogens is 3. The number of benzene rings is 1. The van der Waals surface area contributed by atoms with E-state index in [1.165, 1.54) is 4.68 Å². The van der Waals surface area contributed by atoms with Gasteiger partial charge in [0.15, 0.2) is 0 Å². The first kappa shape index (κ1) is 9.98. The number of halogens is 1. The van der Waals surface area contributed by atoms with E-state index in [4.69, 9.17) is 11.6 Å². The summed E-state index contributed by atoms with van der Waals surface area (Å²) < 4.78 is 3.19. The minimum Gasteiger partial charge on any atom is -0.266 e. The zero-order chi connectivity index (χ0) is 11.0. The highest BCUT2D eigenvalue weighted by molar-refractivity contribution is 6.30. The van der Waals surface area contributed by atoms with E-state index in [-0.39, 0.29) is 5.69 Å². The lowest BCUT2D eigenvalue weighted by Crippen LogP contribution is -2.20. The van der Waals surface area contributed by atoms with Crippen molar-refractivity contribution < 1.29 is 0 Å². The fourth-order valence-corrected chi connectivity index (χ4v) is 1.52. The minimum absolute atomic E-state index is 0.280. The summed E-state index contributed by atoms with van der Waals surface area (Å²) in [4.78, 5) is 15.4. The van der Waals surface area contributed by atoms with Gasteiger partial charge in [-0.3, -0.25) is 4.68 Å². The molecule has 0 bridgehead atoms. The Labute approximate surface area is 91.7 Å². The molecule has 0 saturated heterocycles.